The van der Waals surface area contributed by atoms with Gasteiger partial charge in [0.1, 0.15) is 24.1 Å². The summed E-state index contributed by atoms with van der Waals surface area (Å²) in [4.78, 5) is 64.9. The summed E-state index contributed by atoms with van der Waals surface area (Å²) in [5.74, 6) is -1.31. The standard InChI is InChI=1S/C45H43N9O7S/c1-2-24-62(59,60)50-38-5-3-4-30-25-31(27-47-42(30)38)37-28-53(49-41(37)29-14-16-46-17-15-29)32-6-9-34(10-7-32)61-23-22-51-18-20-52(21-19-51)33-8-11-35-36(26-33)45(58)54(44(35)57)39-12-13-40(55)48-43(39)56/h3-11,14-17,25-28,39,50H,2,12-13,18-24H2,1H3,(H,48,55,56). The Labute approximate surface area is 357 Å². The van der Waals surface area contributed by atoms with Gasteiger partial charge in [0.25, 0.3) is 11.8 Å². The van der Waals surface area contributed by atoms with Crippen LogP contribution in [0.3, 0.4) is 0 Å². The summed E-state index contributed by atoms with van der Waals surface area (Å²) >= 11 is 0. The van der Waals surface area contributed by atoms with Crippen molar-refractivity contribution in [1.82, 2.24) is 34.9 Å². The molecular formula is C45H43N9O7S. The van der Waals surface area contributed by atoms with E-state index in [9.17, 15) is 27.6 Å². The van der Waals surface area contributed by atoms with Crippen molar-refractivity contribution in [3.8, 4) is 33.8 Å². The second kappa shape index (κ2) is 16.8. The zero-order valence-electron chi connectivity index (χ0n) is 33.9. The van der Waals surface area contributed by atoms with Crippen LogP contribution < -0.4 is 19.7 Å². The van der Waals surface area contributed by atoms with Crippen LogP contribution in [0.1, 0.15) is 46.9 Å². The van der Waals surface area contributed by atoms with Crippen LogP contribution in [0.2, 0.25) is 0 Å². The molecule has 62 heavy (non-hydrogen) atoms. The van der Waals surface area contributed by atoms with Crippen LogP contribution in [-0.2, 0) is 19.6 Å². The Bertz CT molecular complexity index is 2820. The minimum absolute atomic E-state index is 0.0243. The number of carbonyl (C=O) groups is 4. The third-order valence-electron chi connectivity index (χ3n) is 11.4. The van der Waals surface area contributed by atoms with Crippen LogP contribution in [0.15, 0.2) is 104 Å². The van der Waals surface area contributed by atoms with Crippen molar-refractivity contribution in [1.29, 1.82) is 0 Å². The number of anilines is 2. The normalized spacial score (nSPS) is 17.1. The zero-order valence-corrected chi connectivity index (χ0v) is 34.7. The molecule has 4 amide bonds. The summed E-state index contributed by atoms with van der Waals surface area (Å²) in [6.45, 7) is 6.03. The van der Waals surface area contributed by atoms with Crippen LogP contribution >= 0.6 is 0 Å². The van der Waals surface area contributed by atoms with Crippen LogP contribution in [0, 0.1) is 0 Å². The Morgan fingerprint density at radius 1 is 0.839 bits per heavy atom. The molecule has 17 heteroatoms. The lowest BCUT2D eigenvalue weighted by molar-refractivity contribution is -0.136. The van der Waals surface area contributed by atoms with E-state index in [1.54, 1.807) is 36.8 Å². The SMILES string of the molecule is CCCS(=O)(=O)Nc1cccc2cc(-c3cn(-c4ccc(OCCN5CCN(c6ccc7c(c6)C(=O)N(C6CCC(=O)NC6=O)C7=O)CC5)cc4)nc3-c3ccncc3)cnc12. The Kier molecular flexibility index (Phi) is 11.0. The number of pyridine rings is 2. The molecule has 0 spiro atoms. The molecule has 0 radical (unpaired) electrons. The number of fused-ring (bicyclic) bond motifs is 2. The van der Waals surface area contributed by atoms with Crippen LogP contribution in [0.5, 0.6) is 5.75 Å². The predicted molar refractivity (Wildman–Crippen MR) is 232 cm³/mol. The topological polar surface area (TPSA) is 189 Å². The number of benzene rings is 3. The first-order valence-corrected chi connectivity index (χ1v) is 22.2. The minimum atomic E-state index is -3.49. The molecule has 3 aliphatic heterocycles. The summed E-state index contributed by atoms with van der Waals surface area (Å²) < 4.78 is 35.8. The van der Waals surface area contributed by atoms with E-state index in [0.29, 0.717) is 24.2 Å². The predicted octanol–water partition coefficient (Wildman–Crippen LogP) is 4.90. The van der Waals surface area contributed by atoms with Crippen molar-refractivity contribution < 1.29 is 32.3 Å². The molecule has 0 aliphatic carbocycles. The molecule has 9 rings (SSSR count). The minimum Gasteiger partial charge on any atom is -0.492 e. The number of rotatable bonds is 13. The highest BCUT2D eigenvalue weighted by molar-refractivity contribution is 7.92. The van der Waals surface area contributed by atoms with Gasteiger partial charge >= 0.3 is 0 Å². The second-order valence-electron chi connectivity index (χ2n) is 15.4. The van der Waals surface area contributed by atoms with Gasteiger partial charge in [0.2, 0.25) is 21.8 Å². The zero-order chi connectivity index (χ0) is 43.0. The molecule has 3 aromatic heterocycles. The highest BCUT2D eigenvalue weighted by atomic mass is 32.2. The van der Waals surface area contributed by atoms with E-state index in [4.69, 9.17) is 14.8 Å². The average Bonchev–Trinajstić information content (AvgIpc) is 3.83. The van der Waals surface area contributed by atoms with E-state index in [-0.39, 0.29) is 29.7 Å². The van der Waals surface area contributed by atoms with Crippen molar-refractivity contribution >= 4 is 55.9 Å². The molecule has 6 heterocycles. The first-order chi connectivity index (χ1) is 30.0. The molecule has 1 atom stereocenters. The molecule has 316 valence electrons. The molecule has 2 saturated heterocycles. The second-order valence-corrected chi connectivity index (χ2v) is 17.3. The maximum atomic E-state index is 13.3. The van der Waals surface area contributed by atoms with Gasteiger partial charge in [0.15, 0.2) is 0 Å². The Morgan fingerprint density at radius 2 is 1.60 bits per heavy atom. The fourth-order valence-corrected chi connectivity index (χ4v) is 9.33. The van der Waals surface area contributed by atoms with E-state index in [2.05, 4.69) is 24.8 Å². The van der Waals surface area contributed by atoms with Crippen molar-refractivity contribution in [2.24, 2.45) is 0 Å². The third kappa shape index (κ3) is 8.11. The summed E-state index contributed by atoms with van der Waals surface area (Å²) in [7, 11) is -3.49. The smallest absolute Gasteiger partial charge is 0.262 e. The van der Waals surface area contributed by atoms with E-state index in [1.807, 2.05) is 78.5 Å². The highest BCUT2D eigenvalue weighted by Crippen LogP contribution is 2.35. The van der Waals surface area contributed by atoms with Crippen molar-refractivity contribution in [2.45, 2.75) is 32.2 Å². The molecule has 6 aromatic rings. The number of nitrogens with one attached hydrogen (secondary N) is 2. The van der Waals surface area contributed by atoms with E-state index in [0.717, 1.165) is 82.5 Å². The highest BCUT2D eigenvalue weighted by Gasteiger charge is 2.44. The lowest BCUT2D eigenvalue weighted by atomic mass is 10.0. The van der Waals surface area contributed by atoms with Crippen LogP contribution in [0.25, 0.3) is 39.0 Å². The number of para-hydroxylation sites is 1. The van der Waals surface area contributed by atoms with E-state index < -0.39 is 39.7 Å². The maximum absolute atomic E-state index is 13.3. The number of amides is 4. The number of piperazine rings is 1. The van der Waals surface area contributed by atoms with Gasteiger partial charge in [0, 0.05) is 91.7 Å². The molecule has 2 fully saturated rings. The lowest BCUT2D eigenvalue weighted by Gasteiger charge is -2.36. The molecule has 1 unspecified atom stereocenters. The van der Waals surface area contributed by atoms with Gasteiger partial charge in [0.05, 0.1) is 33.8 Å². The maximum Gasteiger partial charge on any atom is 0.262 e. The van der Waals surface area contributed by atoms with E-state index in [1.165, 1.54) is 0 Å². The number of aromatic nitrogens is 4. The first-order valence-electron chi connectivity index (χ1n) is 20.5. The summed E-state index contributed by atoms with van der Waals surface area (Å²) in [5, 5.41) is 8.00. The number of nitrogens with zero attached hydrogens (tertiary/aromatic N) is 7. The number of piperidine rings is 1. The van der Waals surface area contributed by atoms with Crippen molar-refractivity contribution in [3.63, 3.8) is 0 Å². The van der Waals surface area contributed by atoms with Crippen LogP contribution in [-0.4, -0.2) is 113 Å². The molecule has 16 nitrogen and oxygen atoms in total. The van der Waals surface area contributed by atoms with Gasteiger partial charge in [-0.15, -0.1) is 0 Å². The molecule has 0 bridgehead atoms. The number of hydrogen-bond acceptors (Lipinski definition) is 12. The van der Waals surface area contributed by atoms with Gasteiger partial charge in [-0.2, -0.15) is 5.10 Å². The molecule has 3 aliphatic rings. The molecule has 3 aromatic carbocycles. The van der Waals surface area contributed by atoms with Gasteiger partial charge in [-0.05, 0) is 79.6 Å². The van der Waals surface area contributed by atoms with Gasteiger partial charge in [-0.1, -0.05) is 19.1 Å². The van der Waals surface area contributed by atoms with E-state index >= 15 is 0 Å². The van der Waals surface area contributed by atoms with Crippen molar-refractivity contribution in [2.75, 3.05) is 54.7 Å². The number of imide groups is 2. The Hall–Kier alpha value is -6.98. The molecule has 2 N–H and O–H groups in total. The summed E-state index contributed by atoms with van der Waals surface area (Å²) in [5.41, 5.74) is 6.49. The van der Waals surface area contributed by atoms with Gasteiger partial charge in [-0.3, -0.25) is 49.0 Å². The fourth-order valence-electron chi connectivity index (χ4n) is 8.19. The molecular weight excluding hydrogens is 811 g/mol. The Morgan fingerprint density at radius 3 is 2.35 bits per heavy atom. The Balaban J connectivity index is 0.826. The number of sulfonamides is 1. The monoisotopic (exact) mass is 853 g/mol. The van der Waals surface area contributed by atoms with Crippen molar-refractivity contribution in [3.05, 3.63) is 115 Å². The van der Waals surface area contributed by atoms with Gasteiger partial charge < -0.3 is 9.64 Å². The summed E-state index contributed by atoms with van der Waals surface area (Å²) in [6, 6.07) is 23.2. The largest absolute Gasteiger partial charge is 0.492 e. The lowest BCUT2D eigenvalue weighted by Crippen LogP contribution is -2.54. The number of ether oxygens (including phenoxy) is 1. The average molecular weight is 854 g/mol. The number of hydrogen-bond donors (Lipinski definition) is 2. The molecule has 0 saturated carbocycles. The quantitative estimate of drug-likeness (QED) is 0.150. The van der Waals surface area contributed by atoms with Crippen LogP contribution in [0.4, 0.5) is 11.4 Å². The fraction of sp³-hybridized carbons (Fsp3) is 0.267. The number of carbonyl (C=O) groups excluding carboxylic acids is 4. The third-order valence-corrected chi connectivity index (χ3v) is 12.8. The van der Waals surface area contributed by atoms with Gasteiger partial charge in [-0.25, -0.2) is 13.1 Å². The summed E-state index contributed by atoms with van der Waals surface area (Å²) in [6.07, 6.45) is 7.84. The first kappa shape index (κ1) is 40.4.